The zero-order chi connectivity index (χ0) is 29.0. The molecule has 0 aliphatic heterocycles. The molecule has 0 aliphatic rings. The van der Waals surface area contributed by atoms with Gasteiger partial charge in [0.2, 0.25) is 0 Å². The fourth-order valence-corrected chi connectivity index (χ4v) is 4.87. The van der Waals surface area contributed by atoms with Crippen LogP contribution in [0.4, 0.5) is 5.69 Å². The second kappa shape index (κ2) is 12.4. The highest BCUT2D eigenvalue weighted by Crippen LogP contribution is 2.32. The number of nitrogens with one attached hydrogen (secondary N) is 4. The van der Waals surface area contributed by atoms with Crippen LogP contribution in [0.25, 0.3) is 11.0 Å². The van der Waals surface area contributed by atoms with Gasteiger partial charge in [-0.25, -0.2) is 14.8 Å². The summed E-state index contributed by atoms with van der Waals surface area (Å²) in [4.78, 5) is 36.6. The van der Waals surface area contributed by atoms with Gasteiger partial charge < -0.3 is 25.5 Å². The van der Waals surface area contributed by atoms with Crippen molar-refractivity contribution in [2.45, 2.75) is 12.8 Å². The summed E-state index contributed by atoms with van der Waals surface area (Å²) < 4.78 is 5.29. The van der Waals surface area contributed by atoms with Crippen molar-refractivity contribution < 1.29 is 19.4 Å². The van der Waals surface area contributed by atoms with Crippen LogP contribution < -0.4 is 15.4 Å². The third-order valence-electron chi connectivity index (χ3n) is 5.87. The van der Waals surface area contributed by atoms with Gasteiger partial charge in [-0.2, -0.15) is 0 Å². The molecule has 0 saturated carbocycles. The molecular weight excluding hydrogens is 579 g/mol. The lowest BCUT2D eigenvalue weighted by Crippen LogP contribution is -2.30. The molecule has 206 valence electrons. The third-order valence-corrected chi connectivity index (χ3v) is 6.76. The summed E-state index contributed by atoms with van der Waals surface area (Å²) in [6.07, 6.45) is 1.32. The zero-order valence-electron chi connectivity index (χ0n) is 21.2. The number of rotatable bonds is 9. The fraction of sp³-hybridized carbons (Fsp3) is 0.148. The standard InChI is InChI=1S/C27H23Cl3N6O4/c1-13(31)33-12-34-16-7-19(29)24(20(30)8-16)26(37)32-11-17(14-4-3-5-15(6-14)27(38)39)25-35-21-9-18(28)23(40-2)10-22(21)36-25/h3-10,12,17H,11H2,1-2H3,(H,32,37)(H,35,36)(H,38,39)(H2,31,33,34). The fourth-order valence-electron chi connectivity index (χ4n) is 3.97. The quantitative estimate of drug-likeness (QED) is 0.113. The van der Waals surface area contributed by atoms with Gasteiger partial charge >= 0.3 is 5.97 Å². The van der Waals surface area contributed by atoms with Crippen molar-refractivity contribution in [3.63, 3.8) is 0 Å². The summed E-state index contributed by atoms with van der Waals surface area (Å²) in [5.74, 6) is -1.16. The molecule has 1 aromatic heterocycles. The number of carboxylic acids is 1. The van der Waals surface area contributed by atoms with Crippen LogP contribution >= 0.6 is 34.8 Å². The van der Waals surface area contributed by atoms with Crippen molar-refractivity contribution in [2.24, 2.45) is 4.99 Å². The van der Waals surface area contributed by atoms with Gasteiger partial charge in [0.25, 0.3) is 5.91 Å². The Morgan fingerprint density at radius 1 is 1.15 bits per heavy atom. The van der Waals surface area contributed by atoms with Crippen molar-refractivity contribution in [1.29, 1.82) is 5.41 Å². The largest absolute Gasteiger partial charge is 0.495 e. The smallest absolute Gasteiger partial charge is 0.335 e. The van der Waals surface area contributed by atoms with Crippen LogP contribution in [0.15, 0.2) is 53.5 Å². The number of aromatic carboxylic acids is 1. The summed E-state index contributed by atoms with van der Waals surface area (Å²) in [7, 11) is 1.50. The molecule has 13 heteroatoms. The number of fused-ring (bicyclic) bond motifs is 1. The summed E-state index contributed by atoms with van der Waals surface area (Å²) in [6.45, 7) is 1.55. The number of amides is 1. The lowest BCUT2D eigenvalue weighted by molar-refractivity contribution is 0.0696. The Morgan fingerprint density at radius 3 is 2.52 bits per heavy atom. The normalized spacial score (nSPS) is 11.9. The molecule has 0 aliphatic carbocycles. The Kier molecular flexibility index (Phi) is 8.93. The summed E-state index contributed by atoms with van der Waals surface area (Å²) in [5, 5.41) is 23.1. The molecule has 0 radical (unpaired) electrons. The molecule has 4 rings (SSSR count). The maximum atomic E-state index is 13.2. The average Bonchev–Trinajstić information content (AvgIpc) is 3.30. The molecule has 4 aromatic rings. The SMILES string of the molecule is COc1cc2nc(C(CNC(=O)c3c(Cl)cc(N/C=N\C(C)=N)cc3Cl)c3cccc(C(=O)O)c3)[nH]c2cc1Cl. The van der Waals surface area contributed by atoms with Crippen LogP contribution in [0.3, 0.4) is 0 Å². The van der Waals surface area contributed by atoms with Gasteiger partial charge in [-0.05, 0) is 42.8 Å². The number of carbonyl (C=O) groups is 2. The third kappa shape index (κ3) is 6.53. The Balaban J connectivity index is 1.65. The number of halogens is 3. The monoisotopic (exact) mass is 600 g/mol. The van der Waals surface area contributed by atoms with Crippen LogP contribution in [0, 0.1) is 5.41 Å². The summed E-state index contributed by atoms with van der Waals surface area (Å²) >= 11 is 19.1. The number of methoxy groups -OCH3 is 1. The van der Waals surface area contributed by atoms with Crippen molar-refractivity contribution in [1.82, 2.24) is 15.3 Å². The Hall–Kier alpha value is -4.12. The molecule has 0 spiro atoms. The number of imidazole rings is 1. The number of benzene rings is 3. The van der Waals surface area contributed by atoms with Gasteiger partial charge in [-0.1, -0.05) is 46.9 Å². The summed E-state index contributed by atoms with van der Waals surface area (Å²) in [5.41, 5.74) is 2.46. The second-order valence-corrected chi connectivity index (χ2v) is 9.84. The molecule has 1 heterocycles. The number of ether oxygens (including phenoxy) is 1. The number of H-pyrrole nitrogens is 1. The number of anilines is 1. The molecule has 1 unspecified atom stereocenters. The van der Waals surface area contributed by atoms with Gasteiger partial charge in [0.05, 0.1) is 56.6 Å². The van der Waals surface area contributed by atoms with Gasteiger partial charge in [0.15, 0.2) is 0 Å². The van der Waals surface area contributed by atoms with Crippen LogP contribution in [-0.2, 0) is 0 Å². The van der Waals surface area contributed by atoms with Crippen molar-refractivity contribution in [3.05, 3.63) is 86.1 Å². The van der Waals surface area contributed by atoms with E-state index in [1.54, 1.807) is 24.3 Å². The topological polar surface area (TPSA) is 153 Å². The number of carboxylic acid groups (broad SMARTS) is 1. The van der Waals surface area contributed by atoms with Crippen LogP contribution in [0.5, 0.6) is 5.75 Å². The number of nitrogens with zero attached hydrogens (tertiary/aromatic N) is 2. The number of aromatic amines is 1. The number of hydrogen-bond donors (Lipinski definition) is 5. The van der Waals surface area contributed by atoms with Gasteiger partial charge in [-0.3, -0.25) is 10.2 Å². The first-order valence-electron chi connectivity index (χ1n) is 11.7. The maximum absolute atomic E-state index is 13.2. The predicted molar refractivity (Wildman–Crippen MR) is 157 cm³/mol. The zero-order valence-corrected chi connectivity index (χ0v) is 23.4. The van der Waals surface area contributed by atoms with E-state index in [2.05, 4.69) is 25.6 Å². The van der Waals surface area contributed by atoms with E-state index in [0.29, 0.717) is 38.9 Å². The minimum absolute atomic E-state index is 0.0323. The first kappa shape index (κ1) is 28.9. The molecule has 10 nitrogen and oxygen atoms in total. The second-order valence-electron chi connectivity index (χ2n) is 8.62. The van der Waals surface area contributed by atoms with E-state index in [-0.39, 0.29) is 33.6 Å². The molecule has 0 saturated heterocycles. The predicted octanol–water partition coefficient (Wildman–Crippen LogP) is 6.23. The minimum atomic E-state index is -1.08. The van der Waals surface area contributed by atoms with Crippen molar-refractivity contribution in [2.75, 3.05) is 19.0 Å². The highest BCUT2D eigenvalue weighted by molar-refractivity contribution is 6.40. The first-order valence-corrected chi connectivity index (χ1v) is 12.9. The summed E-state index contributed by atoms with van der Waals surface area (Å²) in [6, 6.07) is 12.8. The maximum Gasteiger partial charge on any atom is 0.335 e. The lowest BCUT2D eigenvalue weighted by Gasteiger charge is -2.18. The molecule has 3 aromatic carbocycles. The van der Waals surface area contributed by atoms with Crippen LogP contribution in [0.1, 0.15) is 44.9 Å². The number of aromatic nitrogens is 2. The highest BCUT2D eigenvalue weighted by atomic mass is 35.5. The van der Waals surface area contributed by atoms with E-state index in [1.165, 1.54) is 44.6 Å². The van der Waals surface area contributed by atoms with Gasteiger partial charge in [-0.15, -0.1) is 0 Å². The first-order chi connectivity index (χ1) is 19.1. The minimum Gasteiger partial charge on any atom is -0.495 e. The van der Waals surface area contributed by atoms with E-state index in [9.17, 15) is 14.7 Å². The molecular formula is C27H23Cl3N6O4. The van der Waals surface area contributed by atoms with E-state index in [0.717, 1.165) is 0 Å². The molecule has 1 amide bonds. The lowest BCUT2D eigenvalue weighted by atomic mass is 9.96. The van der Waals surface area contributed by atoms with Gasteiger partial charge in [0.1, 0.15) is 17.4 Å². The van der Waals surface area contributed by atoms with E-state index in [1.807, 2.05) is 0 Å². The molecule has 5 N–H and O–H groups in total. The number of amidine groups is 1. The Labute approximate surface area is 243 Å². The molecule has 1 atom stereocenters. The number of carbonyl (C=O) groups excluding carboxylic acids is 1. The molecule has 0 fully saturated rings. The Morgan fingerprint density at radius 2 is 1.88 bits per heavy atom. The van der Waals surface area contributed by atoms with Crippen molar-refractivity contribution in [3.8, 4) is 5.75 Å². The van der Waals surface area contributed by atoms with Crippen molar-refractivity contribution >= 4 is 75.6 Å². The van der Waals surface area contributed by atoms with Crippen LogP contribution in [0.2, 0.25) is 15.1 Å². The number of aliphatic imine (C=N–C) groups is 1. The van der Waals surface area contributed by atoms with E-state index in [4.69, 9.17) is 44.9 Å². The van der Waals surface area contributed by atoms with E-state index < -0.39 is 17.8 Å². The number of hydrogen-bond acceptors (Lipinski definition) is 5. The van der Waals surface area contributed by atoms with Gasteiger partial charge in [0, 0.05) is 18.3 Å². The van der Waals surface area contributed by atoms with E-state index >= 15 is 0 Å². The molecule has 40 heavy (non-hydrogen) atoms. The average molecular weight is 602 g/mol. The molecule has 0 bridgehead atoms. The Bertz CT molecular complexity index is 1630. The van der Waals surface area contributed by atoms with Crippen LogP contribution in [-0.4, -0.2) is 52.8 Å². The highest BCUT2D eigenvalue weighted by Gasteiger charge is 2.23.